The van der Waals surface area contributed by atoms with Crippen molar-refractivity contribution >= 4 is 41.3 Å². The summed E-state index contributed by atoms with van der Waals surface area (Å²) in [5.41, 5.74) is 7.85. The van der Waals surface area contributed by atoms with E-state index in [-0.39, 0.29) is 30.6 Å². The van der Waals surface area contributed by atoms with Crippen molar-refractivity contribution < 1.29 is 9.59 Å². The molecule has 0 aromatic heterocycles. The molecule has 0 saturated heterocycles. The minimum Gasteiger partial charge on any atom is -0.399 e. The van der Waals surface area contributed by atoms with Crippen molar-refractivity contribution in [3.8, 4) is 0 Å². The molecule has 3 rings (SSSR count). The number of nitrogen functional groups attached to an aromatic ring is 1. The lowest BCUT2D eigenvalue weighted by Crippen LogP contribution is -2.36. The molecule has 2 heterocycles. The molecular formula is C11H10ClN3O2. The van der Waals surface area contributed by atoms with Gasteiger partial charge in [0.25, 0.3) is 5.91 Å². The van der Waals surface area contributed by atoms with E-state index in [1.165, 1.54) is 4.90 Å². The van der Waals surface area contributed by atoms with E-state index in [0.29, 0.717) is 22.8 Å². The average Bonchev–Trinajstić information content (AvgIpc) is 2.61. The van der Waals surface area contributed by atoms with Crippen molar-refractivity contribution in [3.05, 3.63) is 30.0 Å². The molecule has 0 atom stereocenters. The summed E-state index contributed by atoms with van der Waals surface area (Å²) in [4.78, 5) is 24.8. The van der Waals surface area contributed by atoms with Crippen LogP contribution in [0.5, 0.6) is 0 Å². The van der Waals surface area contributed by atoms with Crippen LogP contribution in [-0.2, 0) is 9.59 Å². The molecule has 2 aliphatic rings. The summed E-state index contributed by atoms with van der Waals surface area (Å²) in [6.07, 6.45) is 1.91. The molecule has 0 saturated carbocycles. The number of nitrogens with zero attached hydrogens (tertiary/aromatic N) is 1. The molecule has 0 radical (unpaired) electrons. The normalized spacial score (nSPS) is 16.7. The van der Waals surface area contributed by atoms with Crippen LogP contribution in [0.15, 0.2) is 30.0 Å². The molecule has 5 nitrogen and oxygen atoms in total. The highest BCUT2D eigenvalue weighted by molar-refractivity contribution is 6.21. The molecule has 2 amide bonds. The van der Waals surface area contributed by atoms with Gasteiger partial charge >= 0.3 is 0 Å². The van der Waals surface area contributed by atoms with Crippen LogP contribution in [0.3, 0.4) is 0 Å². The van der Waals surface area contributed by atoms with E-state index >= 15 is 0 Å². The van der Waals surface area contributed by atoms with Crippen molar-refractivity contribution in [1.82, 2.24) is 0 Å². The number of nitrogens with one attached hydrogen (secondary N) is 1. The number of nitrogens with two attached hydrogens (primary N) is 1. The van der Waals surface area contributed by atoms with Crippen LogP contribution in [0.1, 0.15) is 6.42 Å². The fourth-order valence-corrected chi connectivity index (χ4v) is 1.99. The number of rotatable bonds is 0. The first kappa shape index (κ1) is 11.5. The molecule has 0 aliphatic carbocycles. The minimum absolute atomic E-state index is 0. The second kappa shape index (κ2) is 3.78. The third kappa shape index (κ3) is 1.55. The van der Waals surface area contributed by atoms with Gasteiger partial charge in [0, 0.05) is 12.1 Å². The van der Waals surface area contributed by atoms with Crippen molar-refractivity contribution in [2.75, 3.05) is 16.0 Å². The first-order valence-electron chi connectivity index (χ1n) is 4.91. The van der Waals surface area contributed by atoms with Gasteiger partial charge in [-0.3, -0.25) is 14.5 Å². The Balaban J connectivity index is 0.00000108. The summed E-state index contributed by atoms with van der Waals surface area (Å²) >= 11 is 0. The molecule has 1 aromatic rings. The van der Waals surface area contributed by atoms with E-state index in [9.17, 15) is 9.59 Å². The molecule has 0 spiro atoms. The van der Waals surface area contributed by atoms with Crippen molar-refractivity contribution in [1.29, 1.82) is 0 Å². The standard InChI is InChI=1S/C11H9N3O2.ClH/c12-6-1-2-8-7(5-6)13-11(16)9-3-4-10(15)14(8)9;/h1-3,5H,4,12H2,(H,13,16);1H. The van der Waals surface area contributed by atoms with E-state index < -0.39 is 0 Å². The molecule has 3 N–H and O–H groups in total. The van der Waals surface area contributed by atoms with Crippen LogP contribution in [0.4, 0.5) is 17.1 Å². The predicted molar refractivity (Wildman–Crippen MR) is 66.9 cm³/mol. The molecule has 17 heavy (non-hydrogen) atoms. The highest BCUT2D eigenvalue weighted by Gasteiger charge is 2.35. The number of hydrogen-bond donors (Lipinski definition) is 2. The number of anilines is 3. The van der Waals surface area contributed by atoms with Crippen LogP contribution < -0.4 is 16.0 Å². The number of halogens is 1. The Bertz CT molecular complexity index is 554. The smallest absolute Gasteiger partial charge is 0.272 e. The summed E-state index contributed by atoms with van der Waals surface area (Å²) < 4.78 is 0. The maximum absolute atomic E-state index is 11.7. The Morgan fingerprint density at radius 1 is 1.29 bits per heavy atom. The Morgan fingerprint density at radius 2 is 2.06 bits per heavy atom. The number of hydrogen-bond acceptors (Lipinski definition) is 3. The van der Waals surface area contributed by atoms with E-state index in [4.69, 9.17) is 5.73 Å². The van der Waals surface area contributed by atoms with E-state index in [2.05, 4.69) is 5.32 Å². The van der Waals surface area contributed by atoms with Crippen LogP contribution in [0.2, 0.25) is 0 Å². The molecule has 0 unspecified atom stereocenters. The summed E-state index contributed by atoms with van der Waals surface area (Å²) in [6, 6.07) is 5.09. The topological polar surface area (TPSA) is 75.4 Å². The predicted octanol–water partition coefficient (Wildman–Crippen LogP) is 1.26. The van der Waals surface area contributed by atoms with Crippen LogP contribution >= 0.6 is 12.4 Å². The third-order valence-corrected chi connectivity index (χ3v) is 2.70. The number of fused-ring (bicyclic) bond motifs is 3. The Kier molecular flexibility index (Phi) is 2.55. The number of carbonyl (C=O) groups excluding carboxylic acids is 2. The molecular weight excluding hydrogens is 242 g/mol. The zero-order valence-corrected chi connectivity index (χ0v) is 9.58. The van der Waals surface area contributed by atoms with Gasteiger partial charge in [-0.15, -0.1) is 12.4 Å². The summed E-state index contributed by atoms with van der Waals surface area (Å²) in [6.45, 7) is 0. The van der Waals surface area contributed by atoms with Gasteiger partial charge in [-0.1, -0.05) is 0 Å². The Morgan fingerprint density at radius 3 is 2.82 bits per heavy atom. The largest absolute Gasteiger partial charge is 0.399 e. The minimum atomic E-state index is -0.260. The summed E-state index contributed by atoms with van der Waals surface area (Å²) in [7, 11) is 0. The van der Waals surface area contributed by atoms with Gasteiger partial charge in [0.2, 0.25) is 5.91 Å². The Labute approximate surface area is 104 Å². The fraction of sp³-hybridized carbons (Fsp3) is 0.0909. The van der Waals surface area contributed by atoms with Crippen molar-refractivity contribution in [2.45, 2.75) is 6.42 Å². The summed E-state index contributed by atoms with van der Waals surface area (Å²) in [5, 5.41) is 2.71. The van der Waals surface area contributed by atoms with Gasteiger partial charge in [0.05, 0.1) is 11.4 Å². The van der Waals surface area contributed by atoms with Gasteiger partial charge in [-0.05, 0) is 24.3 Å². The number of amides is 2. The Hall–Kier alpha value is -2.01. The zero-order chi connectivity index (χ0) is 11.3. The highest BCUT2D eigenvalue weighted by Crippen LogP contribution is 2.37. The van der Waals surface area contributed by atoms with Gasteiger partial charge in [0.1, 0.15) is 5.70 Å². The van der Waals surface area contributed by atoms with Crippen molar-refractivity contribution in [3.63, 3.8) is 0 Å². The van der Waals surface area contributed by atoms with Gasteiger partial charge < -0.3 is 11.1 Å². The first-order chi connectivity index (χ1) is 7.66. The fourth-order valence-electron chi connectivity index (χ4n) is 1.99. The van der Waals surface area contributed by atoms with E-state index in [1.54, 1.807) is 24.3 Å². The summed E-state index contributed by atoms with van der Waals surface area (Å²) in [5.74, 6) is -0.347. The maximum Gasteiger partial charge on any atom is 0.272 e. The molecule has 1 aromatic carbocycles. The first-order valence-corrected chi connectivity index (χ1v) is 4.91. The second-order valence-electron chi connectivity index (χ2n) is 3.75. The lowest BCUT2D eigenvalue weighted by Gasteiger charge is -2.27. The van der Waals surface area contributed by atoms with Crippen LogP contribution in [0, 0.1) is 0 Å². The van der Waals surface area contributed by atoms with Gasteiger partial charge in [-0.25, -0.2) is 0 Å². The van der Waals surface area contributed by atoms with Crippen LogP contribution in [0.25, 0.3) is 0 Å². The lowest BCUT2D eigenvalue weighted by atomic mass is 10.1. The lowest BCUT2D eigenvalue weighted by molar-refractivity contribution is -0.118. The van der Waals surface area contributed by atoms with Crippen LogP contribution in [-0.4, -0.2) is 11.8 Å². The van der Waals surface area contributed by atoms with Crippen molar-refractivity contribution in [2.24, 2.45) is 0 Å². The van der Waals surface area contributed by atoms with Gasteiger partial charge in [-0.2, -0.15) is 0 Å². The second-order valence-corrected chi connectivity index (χ2v) is 3.75. The monoisotopic (exact) mass is 251 g/mol. The molecule has 6 heteroatoms. The molecule has 2 aliphatic heterocycles. The third-order valence-electron chi connectivity index (χ3n) is 2.70. The average molecular weight is 252 g/mol. The zero-order valence-electron chi connectivity index (χ0n) is 8.77. The number of benzene rings is 1. The molecule has 0 bridgehead atoms. The van der Waals surface area contributed by atoms with E-state index in [1.807, 2.05) is 0 Å². The maximum atomic E-state index is 11.7. The van der Waals surface area contributed by atoms with E-state index in [0.717, 1.165) is 0 Å². The SMILES string of the molecule is Cl.Nc1ccc2c(c1)NC(=O)C1=CCC(=O)N12. The molecule has 88 valence electrons. The highest BCUT2D eigenvalue weighted by atomic mass is 35.5. The van der Waals surface area contributed by atoms with Gasteiger partial charge in [0.15, 0.2) is 0 Å². The number of carbonyl (C=O) groups is 2. The molecule has 0 fully saturated rings. The quantitative estimate of drug-likeness (QED) is 0.682.